The Morgan fingerprint density at radius 2 is 1.75 bits per heavy atom. The van der Waals surface area contributed by atoms with Gasteiger partial charge in [-0.15, -0.1) is 0 Å². The van der Waals surface area contributed by atoms with Gasteiger partial charge in [-0.3, -0.25) is 0 Å². The summed E-state index contributed by atoms with van der Waals surface area (Å²) in [6, 6.07) is 0. The van der Waals surface area contributed by atoms with Crippen LogP contribution in [0.2, 0.25) is 0 Å². The van der Waals surface area contributed by atoms with E-state index in [2.05, 4.69) is 22.9 Å². The molecule has 1 heteroatoms. The van der Waals surface area contributed by atoms with Crippen LogP contribution >= 0.6 is 15.9 Å². The van der Waals surface area contributed by atoms with Gasteiger partial charge in [-0.25, -0.2) is 0 Å². The summed E-state index contributed by atoms with van der Waals surface area (Å²) in [5, 5.41) is 1.11. The van der Waals surface area contributed by atoms with Crippen molar-refractivity contribution in [2.24, 2.45) is 0 Å². The topological polar surface area (TPSA) is 0 Å². The van der Waals surface area contributed by atoms with Crippen molar-refractivity contribution >= 4 is 15.9 Å². The van der Waals surface area contributed by atoms with Gasteiger partial charge in [0, 0.05) is 5.33 Å². The van der Waals surface area contributed by atoms with Gasteiger partial charge in [0.15, 0.2) is 0 Å². The lowest BCUT2D eigenvalue weighted by Crippen LogP contribution is -1.91. The van der Waals surface area contributed by atoms with Gasteiger partial charge in [0.1, 0.15) is 0 Å². The van der Waals surface area contributed by atoms with Crippen molar-refractivity contribution in [3.63, 3.8) is 0 Å². The molecule has 0 saturated carbocycles. The standard InChI is InChI=1S/C11H19Br/c1-2-6-10-7-4-3-5-8-11(10)9-12/h2-9H2,1H3. The van der Waals surface area contributed by atoms with Gasteiger partial charge in [-0.1, -0.05) is 46.8 Å². The normalized spacial score (nSPS) is 19.5. The molecule has 0 aromatic rings. The summed E-state index contributed by atoms with van der Waals surface area (Å²) in [7, 11) is 0. The van der Waals surface area contributed by atoms with E-state index in [1.807, 2.05) is 0 Å². The van der Waals surface area contributed by atoms with Crippen LogP contribution in [0.5, 0.6) is 0 Å². The SMILES string of the molecule is CCCC1=C(CBr)CCCCC1. The van der Waals surface area contributed by atoms with Crippen LogP contribution < -0.4 is 0 Å². The maximum atomic E-state index is 3.60. The molecule has 0 fully saturated rings. The Labute approximate surface area is 84.6 Å². The Bertz CT molecular complexity index is 158. The second-order valence-electron chi connectivity index (χ2n) is 3.65. The number of halogens is 1. The summed E-state index contributed by atoms with van der Waals surface area (Å²) < 4.78 is 0. The van der Waals surface area contributed by atoms with E-state index in [9.17, 15) is 0 Å². The molecular weight excluding hydrogens is 212 g/mol. The first kappa shape index (κ1) is 10.3. The molecule has 70 valence electrons. The lowest BCUT2D eigenvalue weighted by atomic mass is 10.0. The average Bonchev–Trinajstić information content (AvgIpc) is 2.30. The minimum Gasteiger partial charge on any atom is -0.0880 e. The highest BCUT2D eigenvalue weighted by Crippen LogP contribution is 2.27. The highest BCUT2D eigenvalue weighted by atomic mass is 79.9. The van der Waals surface area contributed by atoms with E-state index in [-0.39, 0.29) is 0 Å². The fraction of sp³-hybridized carbons (Fsp3) is 0.818. The Kier molecular flexibility index (Phi) is 4.98. The van der Waals surface area contributed by atoms with Gasteiger partial charge in [0.2, 0.25) is 0 Å². The zero-order valence-electron chi connectivity index (χ0n) is 8.03. The van der Waals surface area contributed by atoms with Crippen molar-refractivity contribution in [3.05, 3.63) is 11.1 Å². The fourth-order valence-corrected chi connectivity index (χ4v) is 2.65. The molecule has 0 unspecified atom stereocenters. The molecule has 0 heterocycles. The van der Waals surface area contributed by atoms with Gasteiger partial charge in [-0.05, 0) is 32.1 Å². The number of allylic oxidation sites excluding steroid dienone is 2. The van der Waals surface area contributed by atoms with E-state index in [4.69, 9.17) is 0 Å². The predicted molar refractivity (Wildman–Crippen MR) is 58.8 cm³/mol. The zero-order chi connectivity index (χ0) is 8.81. The van der Waals surface area contributed by atoms with Crippen LogP contribution in [-0.2, 0) is 0 Å². The largest absolute Gasteiger partial charge is 0.0880 e. The molecule has 1 rings (SSSR count). The summed E-state index contributed by atoms with van der Waals surface area (Å²) in [6.45, 7) is 2.28. The summed E-state index contributed by atoms with van der Waals surface area (Å²) in [4.78, 5) is 0. The van der Waals surface area contributed by atoms with Crippen molar-refractivity contribution in [1.29, 1.82) is 0 Å². The molecule has 1 aliphatic rings. The van der Waals surface area contributed by atoms with Gasteiger partial charge in [-0.2, -0.15) is 0 Å². The molecule has 0 aromatic heterocycles. The third-order valence-electron chi connectivity index (χ3n) is 2.67. The minimum atomic E-state index is 1.11. The molecule has 0 saturated heterocycles. The molecule has 0 bridgehead atoms. The molecule has 0 aromatic carbocycles. The van der Waals surface area contributed by atoms with Gasteiger partial charge < -0.3 is 0 Å². The summed E-state index contributed by atoms with van der Waals surface area (Å²) in [6.07, 6.45) is 9.63. The van der Waals surface area contributed by atoms with Gasteiger partial charge >= 0.3 is 0 Å². The van der Waals surface area contributed by atoms with Crippen LogP contribution in [0.1, 0.15) is 51.9 Å². The molecule has 0 atom stereocenters. The first-order valence-corrected chi connectivity index (χ1v) is 6.26. The molecule has 1 aliphatic carbocycles. The Balaban J connectivity index is 2.60. The number of rotatable bonds is 3. The maximum absolute atomic E-state index is 3.60. The molecule has 0 aliphatic heterocycles. The Morgan fingerprint density at radius 1 is 1.08 bits per heavy atom. The third kappa shape index (κ3) is 2.93. The number of hydrogen-bond donors (Lipinski definition) is 0. The summed E-state index contributed by atoms with van der Waals surface area (Å²) in [5.74, 6) is 0. The molecule has 0 spiro atoms. The lowest BCUT2D eigenvalue weighted by molar-refractivity contribution is 0.698. The van der Waals surface area contributed by atoms with Crippen LogP contribution in [0.3, 0.4) is 0 Å². The van der Waals surface area contributed by atoms with Crippen LogP contribution in [0, 0.1) is 0 Å². The van der Waals surface area contributed by atoms with Gasteiger partial charge in [0.05, 0.1) is 0 Å². The van der Waals surface area contributed by atoms with Crippen LogP contribution in [0.25, 0.3) is 0 Å². The monoisotopic (exact) mass is 230 g/mol. The smallest absolute Gasteiger partial charge is 0.0244 e. The van der Waals surface area contributed by atoms with E-state index < -0.39 is 0 Å². The van der Waals surface area contributed by atoms with E-state index >= 15 is 0 Å². The Morgan fingerprint density at radius 3 is 2.33 bits per heavy atom. The molecule has 0 radical (unpaired) electrons. The van der Waals surface area contributed by atoms with Crippen molar-refractivity contribution in [1.82, 2.24) is 0 Å². The van der Waals surface area contributed by atoms with E-state index in [0.717, 1.165) is 5.33 Å². The Hall–Kier alpha value is 0.220. The van der Waals surface area contributed by atoms with Crippen LogP contribution in [0.15, 0.2) is 11.1 Å². The summed E-state index contributed by atoms with van der Waals surface area (Å²) >= 11 is 3.60. The predicted octanol–water partition coefficient (Wildman–Crippen LogP) is 4.44. The summed E-state index contributed by atoms with van der Waals surface area (Å²) in [5.41, 5.74) is 3.46. The second-order valence-corrected chi connectivity index (χ2v) is 4.21. The van der Waals surface area contributed by atoms with E-state index in [0.29, 0.717) is 0 Å². The molecule has 0 nitrogen and oxygen atoms in total. The number of alkyl halides is 1. The van der Waals surface area contributed by atoms with Crippen molar-refractivity contribution in [2.45, 2.75) is 51.9 Å². The third-order valence-corrected chi connectivity index (χ3v) is 3.35. The fourth-order valence-electron chi connectivity index (χ4n) is 1.97. The highest BCUT2D eigenvalue weighted by molar-refractivity contribution is 9.09. The van der Waals surface area contributed by atoms with Crippen molar-refractivity contribution in [2.75, 3.05) is 5.33 Å². The first-order chi connectivity index (χ1) is 5.88. The van der Waals surface area contributed by atoms with E-state index in [1.54, 1.807) is 11.1 Å². The lowest BCUT2D eigenvalue weighted by Gasteiger charge is -2.08. The molecule has 0 amide bonds. The molecule has 12 heavy (non-hydrogen) atoms. The average molecular weight is 231 g/mol. The molecular formula is C11H19Br. The van der Waals surface area contributed by atoms with Crippen molar-refractivity contribution in [3.8, 4) is 0 Å². The number of hydrogen-bond acceptors (Lipinski definition) is 0. The second kappa shape index (κ2) is 5.80. The maximum Gasteiger partial charge on any atom is 0.0244 e. The first-order valence-electron chi connectivity index (χ1n) is 5.14. The minimum absolute atomic E-state index is 1.11. The van der Waals surface area contributed by atoms with E-state index in [1.165, 1.54) is 44.9 Å². The van der Waals surface area contributed by atoms with Crippen LogP contribution in [0.4, 0.5) is 0 Å². The highest BCUT2D eigenvalue weighted by Gasteiger charge is 2.08. The van der Waals surface area contributed by atoms with Crippen LogP contribution in [-0.4, -0.2) is 5.33 Å². The van der Waals surface area contributed by atoms with Gasteiger partial charge in [0.25, 0.3) is 0 Å². The quantitative estimate of drug-likeness (QED) is 0.497. The molecule has 0 N–H and O–H groups in total. The zero-order valence-corrected chi connectivity index (χ0v) is 9.62. The van der Waals surface area contributed by atoms with Crippen molar-refractivity contribution < 1.29 is 0 Å².